The molecule has 2 aromatic rings. The first-order chi connectivity index (χ1) is 9.22. The van der Waals surface area contributed by atoms with Crippen molar-refractivity contribution in [3.05, 3.63) is 35.2 Å². The molecule has 4 nitrogen and oxygen atoms in total. The van der Waals surface area contributed by atoms with Crippen LogP contribution in [-0.4, -0.2) is 4.98 Å². The fourth-order valence-electron chi connectivity index (χ4n) is 2.85. The third kappa shape index (κ3) is 1.78. The highest BCUT2D eigenvalue weighted by Gasteiger charge is 2.26. The molecular weight excluding hydrogens is 238 g/mol. The van der Waals surface area contributed by atoms with E-state index in [0.717, 1.165) is 36.1 Å². The number of nitrogens with two attached hydrogens (primary N) is 1. The van der Waals surface area contributed by atoms with E-state index in [4.69, 9.17) is 10.2 Å². The van der Waals surface area contributed by atoms with Crippen LogP contribution in [-0.2, 0) is 6.42 Å². The zero-order chi connectivity index (χ0) is 13.4. The average molecular weight is 253 g/mol. The van der Waals surface area contributed by atoms with Crippen molar-refractivity contribution in [1.29, 1.82) is 5.26 Å². The van der Waals surface area contributed by atoms with Gasteiger partial charge in [0.05, 0.1) is 6.26 Å². The van der Waals surface area contributed by atoms with Gasteiger partial charge >= 0.3 is 0 Å². The zero-order valence-corrected chi connectivity index (χ0v) is 10.8. The highest BCUT2D eigenvalue weighted by atomic mass is 16.3. The SMILES string of the molecule is CC1CCCc2c1nc(N)c(C#N)c2-c1ccco1. The van der Waals surface area contributed by atoms with E-state index in [1.54, 1.807) is 6.26 Å². The lowest BCUT2D eigenvalue weighted by molar-refractivity contribution is 0.563. The van der Waals surface area contributed by atoms with E-state index >= 15 is 0 Å². The van der Waals surface area contributed by atoms with Crippen molar-refractivity contribution in [1.82, 2.24) is 4.98 Å². The third-order valence-electron chi connectivity index (χ3n) is 3.77. The van der Waals surface area contributed by atoms with Crippen LogP contribution in [0, 0.1) is 11.3 Å². The molecule has 2 heterocycles. The molecule has 0 amide bonds. The van der Waals surface area contributed by atoms with Gasteiger partial charge in [-0.05, 0) is 42.9 Å². The van der Waals surface area contributed by atoms with Gasteiger partial charge < -0.3 is 10.2 Å². The topological polar surface area (TPSA) is 75.8 Å². The maximum absolute atomic E-state index is 9.35. The van der Waals surface area contributed by atoms with Crippen molar-refractivity contribution < 1.29 is 4.42 Å². The van der Waals surface area contributed by atoms with E-state index in [1.807, 2.05) is 12.1 Å². The second-order valence-corrected chi connectivity index (χ2v) is 4.99. The summed E-state index contributed by atoms with van der Waals surface area (Å²) in [6.07, 6.45) is 4.77. The quantitative estimate of drug-likeness (QED) is 0.846. The summed E-state index contributed by atoms with van der Waals surface area (Å²) in [5.41, 5.74) is 9.36. The molecule has 96 valence electrons. The summed E-state index contributed by atoms with van der Waals surface area (Å²) in [6.45, 7) is 2.16. The Kier molecular flexibility index (Phi) is 2.75. The summed E-state index contributed by atoms with van der Waals surface area (Å²) in [6, 6.07) is 5.86. The first-order valence-electron chi connectivity index (χ1n) is 6.48. The van der Waals surface area contributed by atoms with Crippen LogP contribution < -0.4 is 5.73 Å². The molecule has 0 saturated heterocycles. The molecule has 1 atom stereocenters. The summed E-state index contributed by atoms with van der Waals surface area (Å²) in [5, 5.41) is 9.35. The highest BCUT2D eigenvalue weighted by Crippen LogP contribution is 2.39. The molecule has 0 aliphatic heterocycles. The molecule has 1 unspecified atom stereocenters. The Hall–Kier alpha value is -2.28. The number of anilines is 1. The Labute approximate surface area is 111 Å². The van der Waals surface area contributed by atoms with Gasteiger partial charge in [-0.2, -0.15) is 5.26 Å². The molecule has 4 heteroatoms. The molecule has 0 spiro atoms. The number of rotatable bonds is 1. The van der Waals surface area contributed by atoms with Gasteiger partial charge in [0.25, 0.3) is 0 Å². The summed E-state index contributed by atoms with van der Waals surface area (Å²) < 4.78 is 5.48. The largest absolute Gasteiger partial charge is 0.464 e. The lowest BCUT2D eigenvalue weighted by atomic mass is 9.83. The van der Waals surface area contributed by atoms with Gasteiger partial charge in [-0.3, -0.25) is 0 Å². The second-order valence-electron chi connectivity index (χ2n) is 4.99. The van der Waals surface area contributed by atoms with E-state index in [0.29, 0.717) is 23.1 Å². The Morgan fingerprint density at radius 3 is 3.05 bits per heavy atom. The maximum Gasteiger partial charge on any atom is 0.142 e. The molecule has 3 rings (SSSR count). The number of nitrogens with zero attached hydrogens (tertiary/aromatic N) is 2. The van der Waals surface area contributed by atoms with Crippen LogP contribution in [0.2, 0.25) is 0 Å². The van der Waals surface area contributed by atoms with Gasteiger partial charge in [0.2, 0.25) is 0 Å². The lowest BCUT2D eigenvalue weighted by Crippen LogP contribution is -2.14. The standard InChI is InChI=1S/C15H15N3O/c1-9-4-2-5-10-13(12-6-3-7-19-12)11(8-16)15(17)18-14(9)10/h3,6-7,9H,2,4-5H2,1H3,(H2,17,18). The van der Waals surface area contributed by atoms with Crippen LogP contribution in [0.3, 0.4) is 0 Å². The molecule has 2 aromatic heterocycles. The predicted octanol–water partition coefficient (Wildman–Crippen LogP) is 3.24. The van der Waals surface area contributed by atoms with Crippen molar-refractivity contribution >= 4 is 5.82 Å². The normalized spacial score (nSPS) is 17.8. The Morgan fingerprint density at radius 2 is 2.37 bits per heavy atom. The molecule has 0 radical (unpaired) electrons. The molecule has 1 aliphatic carbocycles. The van der Waals surface area contributed by atoms with E-state index in [9.17, 15) is 5.26 Å². The summed E-state index contributed by atoms with van der Waals surface area (Å²) in [5.74, 6) is 1.39. The molecule has 19 heavy (non-hydrogen) atoms. The van der Waals surface area contributed by atoms with E-state index in [-0.39, 0.29) is 0 Å². The molecular formula is C15H15N3O. The molecule has 0 aromatic carbocycles. The van der Waals surface area contributed by atoms with Crippen molar-refractivity contribution in [3.8, 4) is 17.4 Å². The predicted molar refractivity (Wildman–Crippen MR) is 72.4 cm³/mol. The number of nitrogen functional groups attached to an aromatic ring is 1. The minimum atomic E-state index is 0.307. The van der Waals surface area contributed by atoms with Gasteiger partial charge in [-0.15, -0.1) is 0 Å². The van der Waals surface area contributed by atoms with Crippen molar-refractivity contribution in [2.75, 3.05) is 5.73 Å². The first-order valence-corrected chi connectivity index (χ1v) is 6.48. The number of nitriles is 1. The molecule has 0 fully saturated rings. The Bertz CT molecular complexity index is 653. The van der Waals surface area contributed by atoms with Gasteiger partial charge in [0.1, 0.15) is 23.2 Å². The average Bonchev–Trinajstić information content (AvgIpc) is 2.92. The van der Waals surface area contributed by atoms with E-state index in [1.165, 1.54) is 0 Å². The smallest absolute Gasteiger partial charge is 0.142 e. The van der Waals surface area contributed by atoms with Crippen LogP contribution in [0.1, 0.15) is 42.5 Å². The first kappa shape index (κ1) is 11.8. The Balaban J connectivity index is 2.34. The summed E-state index contributed by atoms with van der Waals surface area (Å²) >= 11 is 0. The zero-order valence-electron chi connectivity index (χ0n) is 10.8. The minimum Gasteiger partial charge on any atom is -0.464 e. The minimum absolute atomic E-state index is 0.307. The van der Waals surface area contributed by atoms with Gasteiger partial charge in [-0.1, -0.05) is 6.92 Å². The highest BCUT2D eigenvalue weighted by molar-refractivity contribution is 5.76. The number of pyridine rings is 1. The van der Waals surface area contributed by atoms with Gasteiger partial charge in [0.15, 0.2) is 0 Å². The molecule has 2 N–H and O–H groups in total. The maximum atomic E-state index is 9.35. The number of fused-ring (bicyclic) bond motifs is 1. The van der Waals surface area contributed by atoms with Crippen molar-refractivity contribution in [3.63, 3.8) is 0 Å². The van der Waals surface area contributed by atoms with Gasteiger partial charge in [0, 0.05) is 11.3 Å². The third-order valence-corrected chi connectivity index (χ3v) is 3.77. The number of hydrogen-bond donors (Lipinski definition) is 1. The summed E-state index contributed by atoms with van der Waals surface area (Å²) in [4.78, 5) is 4.45. The number of aromatic nitrogens is 1. The molecule has 0 bridgehead atoms. The van der Waals surface area contributed by atoms with E-state index in [2.05, 4.69) is 18.0 Å². The Morgan fingerprint density at radius 1 is 1.53 bits per heavy atom. The molecule has 1 aliphatic rings. The van der Waals surface area contributed by atoms with E-state index < -0.39 is 0 Å². The fourth-order valence-corrected chi connectivity index (χ4v) is 2.85. The van der Waals surface area contributed by atoms with Crippen LogP contribution in [0.5, 0.6) is 0 Å². The number of furan rings is 1. The number of hydrogen-bond acceptors (Lipinski definition) is 4. The van der Waals surface area contributed by atoms with Crippen molar-refractivity contribution in [2.45, 2.75) is 32.1 Å². The van der Waals surface area contributed by atoms with Crippen molar-refractivity contribution in [2.24, 2.45) is 0 Å². The lowest BCUT2D eigenvalue weighted by Gasteiger charge is -2.24. The van der Waals surface area contributed by atoms with Crippen LogP contribution in [0.25, 0.3) is 11.3 Å². The fraction of sp³-hybridized carbons (Fsp3) is 0.333. The van der Waals surface area contributed by atoms with Crippen LogP contribution >= 0.6 is 0 Å². The second kappa shape index (κ2) is 4.43. The van der Waals surface area contributed by atoms with Crippen LogP contribution in [0.15, 0.2) is 22.8 Å². The van der Waals surface area contributed by atoms with Crippen LogP contribution in [0.4, 0.5) is 5.82 Å². The van der Waals surface area contributed by atoms with Gasteiger partial charge in [-0.25, -0.2) is 4.98 Å². The monoisotopic (exact) mass is 253 g/mol. The summed E-state index contributed by atoms with van der Waals surface area (Å²) in [7, 11) is 0. The molecule has 0 saturated carbocycles.